The molecule has 0 amide bonds. The molecule has 1 aliphatic heterocycles. The highest BCUT2D eigenvalue weighted by atomic mass is 16.5. The molecule has 2 aliphatic rings. The molecule has 1 aliphatic carbocycles. The van der Waals surface area contributed by atoms with Crippen LogP contribution in [0.2, 0.25) is 0 Å². The van der Waals surface area contributed by atoms with Crippen molar-refractivity contribution < 1.29 is 19.4 Å². The Hall–Kier alpha value is -1.27. The summed E-state index contributed by atoms with van der Waals surface area (Å²) in [5, 5.41) is 9.31. The van der Waals surface area contributed by atoms with Crippen LogP contribution < -0.4 is 5.73 Å². The lowest BCUT2D eigenvalue weighted by atomic mass is 9.70. The van der Waals surface area contributed by atoms with Crippen molar-refractivity contribution in [3.05, 3.63) is 0 Å². The molecule has 100 valence electrons. The number of aldehydes is 2. The molecule has 0 aromatic heterocycles. The van der Waals surface area contributed by atoms with E-state index in [2.05, 4.69) is 4.99 Å². The summed E-state index contributed by atoms with van der Waals surface area (Å²) >= 11 is 0. The molecule has 2 rings (SSSR count). The number of ether oxygens (including phenoxy) is 1. The number of carbonyl (C=O) groups is 2. The van der Waals surface area contributed by atoms with Gasteiger partial charge in [-0.05, 0) is 12.3 Å². The second kappa shape index (κ2) is 5.58. The minimum absolute atomic E-state index is 0.119. The lowest BCUT2D eigenvalue weighted by Crippen LogP contribution is -2.47. The van der Waals surface area contributed by atoms with Crippen LogP contribution in [0.15, 0.2) is 4.99 Å². The van der Waals surface area contributed by atoms with E-state index < -0.39 is 11.8 Å². The van der Waals surface area contributed by atoms with Crippen LogP contribution in [0.25, 0.3) is 0 Å². The Morgan fingerprint density at radius 1 is 1.39 bits per heavy atom. The molecule has 0 spiro atoms. The summed E-state index contributed by atoms with van der Waals surface area (Å²) in [5.74, 6) is -0.652. The second-order valence-corrected chi connectivity index (χ2v) is 4.81. The van der Waals surface area contributed by atoms with Gasteiger partial charge in [0.15, 0.2) is 5.90 Å². The van der Waals surface area contributed by atoms with Crippen molar-refractivity contribution in [2.45, 2.75) is 25.0 Å². The Kier molecular flexibility index (Phi) is 4.08. The zero-order valence-electron chi connectivity index (χ0n) is 10.1. The molecule has 5 atom stereocenters. The van der Waals surface area contributed by atoms with E-state index in [4.69, 9.17) is 10.5 Å². The average molecular weight is 254 g/mol. The monoisotopic (exact) mass is 254 g/mol. The summed E-state index contributed by atoms with van der Waals surface area (Å²) in [6.07, 6.45) is 2.39. The van der Waals surface area contributed by atoms with E-state index in [1.54, 1.807) is 0 Å². The van der Waals surface area contributed by atoms with Crippen molar-refractivity contribution in [1.29, 1.82) is 0 Å². The van der Waals surface area contributed by atoms with Crippen molar-refractivity contribution in [3.63, 3.8) is 0 Å². The first-order chi connectivity index (χ1) is 8.74. The number of rotatable bonds is 5. The fourth-order valence-electron chi connectivity index (χ4n) is 2.86. The molecule has 0 saturated heterocycles. The van der Waals surface area contributed by atoms with Gasteiger partial charge in [-0.15, -0.1) is 0 Å². The largest absolute Gasteiger partial charge is 0.475 e. The maximum absolute atomic E-state index is 11.2. The molecule has 1 fully saturated rings. The van der Waals surface area contributed by atoms with Gasteiger partial charge in [-0.25, -0.2) is 4.99 Å². The predicted octanol–water partition coefficient (Wildman–Crippen LogP) is -0.856. The zero-order valence-corrected chi connectivity index (χ0v) is 10.1. The number of aliphatic hydroxyl groups excluding tert-OH is 1. The molecule has 18 heavy (non-hydrogen) atoms. The maximum atomic E-state index is 11.2. The van der Waals surface area contributed by atoms with E-state index in [1.807, 2.05) is 0 Å². The van der Waals surface area contributed by atoms with Crippen molar-refractivity contribution in [1.82, 2.24) is 0 Å². The number of nitrogens with zero attached hydrogens (tertiary/aromatic N) is 1. The molecule has 6 nitrogen and oxygen atoms in total. The molecule has 6 heteroatoms. The molecular weight excluding hydrogens is 236 g/mol. The highest BCUT2D eigenvalue weighted by Crippen LogP contribution is 2.39. The van der Waals surface area contributed by atoms with Gasteiger partial charge >= 0.3 is 0 Å². The summed E-state index contributed by atoms with van der Waals surface area (Å²) in [4.78, 5) is 26.7. The summed E-state index contributed by atoms with van der Waals surface area (Å²) in [6, 6.07) is -0.304. The summed E-state index contributed by atoms with van der Waals surface area (Å²) in [6.45, 7) is 0.317. The topological polar surface area (TPSA) is 102 Å². The maximum Gasteiger partial charge on any atom is 0.185 e. The van der Waals surface area contributed by atoms with Crippen LogP contribution in [-0.2, 0) is 14.3 Å². The Labute approximate surface area is 105 Å². The Bertz CT molecular complexity index is 358. The summed E-state index contributed by atoms with van der Waals surface area (Å²) in [5.41, 5.74) is 5.45. The number of hydrogen-bond acceptors (Lipinski definition) is 6. The number of aliphatic imine (C=N–C) groups is 1. The number of hydrogen-bond donors (Lipinski definition) is 2. The van der Waals surface area contributed by atoms with Gasteiger partial charge in [0.25, 0.3) is 0 Å². The fourth-order valence-corrected chi connectivity index (χ4v) is 2.86. The number of aliphatic hydroxyl groups is 1. The number of nitrogens with two attached hydrogens (primary N) is 1. The zero-order chi connectivity index (χ0) is 13.1. The molecule has 0 radical (unpaired) electrons. The molecular formula is C12H18N2O4. The lowest BCUT2D eigenvalue weighted by Gasteiger charge is -2.37. The first-order valence-corrected chi connectivity index (χ1v) is 6.20. The average Bonchev–Trinajstić information content (AvgIpc) is 2.78. The van der Waals surface area contributed by atoms with E-state index in [9.17, 15) is 14.7 Å². The highest BCUT2D eigenvalue weighted by Gasteiger charge is 2.48. The lowest BCUT2D eigenvalue weighted by molar-refractivity contribution is -0.126. The third kappa shape index (κ3) is 2.18. The van der Waals surface area contributed by atoms with Crippen LogP contribution in [0.1, 0.15) is 12.8 Å². The van der Waals surface area contributed by atoms with Crippen LogP contribution in [0, 0.1) is 17.8 Å². The minimum Gasteiger partial charge on any atom is -0.475 e. The fraction of sp³-hybridized carbons (Fsp3) is 0.750. The van der Waals surface area contributed by atoms with Crippen molar-refractivity contribution in [2.24, 2.45) is 28.5 Å². The van der Waals surface area contributed by atoms with Crippen LogP contribution >= 0.6 is 0 Å². The van der Waals surface area contributed by atoms with Gasteiger partial charge in [0, 0.05) is 25.5 Å². The Morgan fingerprint density at radius 3 is 2.67 bits per heavy atom. The van der Waals surface area contributed by atoms with Gasteiger partial charge in [0.1, 0.15) is 24.7 Å². The van der Waals surface area contributed by atoms with E-state index in [-0.39, 0.29) is 24.7 Å². The van der Waals surface area contributed by atoms with Gasteiger partial charge in [0.2, 0.25) is 0 Å². The standard InChI is InChI=1S/C12H18N2O4/c13-2-1-11-14-12-9(6-17)8(5-16)7(4-15)3-10(12)18-11/h5-10,12,15H,1-4,13H2/t7-,8+,9+,10-,12+/m0/s1. The van der Waals surface area contributed by atoms with Gasteiger partial charge in [0.05, 0.1) is 5.92 Å². The second-order valence-electron chi connectivity index (χ2n) is 4.81. The smallest absolute Gasteiger partial charge is 0.185 e. The molecule has 0 bridgehead atoms. The first kappa shape index (κ1) is 13.2. The number of fused-ring (bicyclic) bond motifs is 1. The van der Waals surface area contributed by atoms with Crippen molar-refractivity contribution in [3.8, 4) is 0 Å². The van der Waals surface area contributed by atoms with E-state index in [1.165, 1.54) is 0 Å². The SMILES string of the molecule is NCCC1=N[C@@H]2[C@H](C=O)[C@H](C=O)[C@H](CO)C[C@@H]2O1. The Balaban J connectivity index is 2.20. The van der Waals surface area contributed by atoms with Crippen molar-refractivity contribution >= 4 is 18.5 Å². The third-order valence-electron chi connectivity index (χ3n) is 3.79. The van der Waals surface area contributed by atoms with E-state index >= 15 is 0 Å². The van der Waals surface area contributed by atoms with Crippen molar-refractivity contribution in [2.75, 3.05) is 13.2 Å². The van der Waals surface area contributed by atoms with Gasteiger partial charge in [-0.1, -0.05) is 0 Å². The molecule has 0 unspecified atom stereocenters. The van der Waals surface area contributed by atoms with Crippen LogP contribution in [0.3, 0.4) is 0 Å². The molecule has 0 aromatic carbocycles. The predicted molar refractivity (Wildman–Crippen MR) is 64.1 cm³/mol. The molecule has 3 N–H and O–H groups in total. The Morgan fingerprint density at radius 2 is 2.11 bits per heavy atom. The van der Waals surface area contributed by atoms with Crippen LogP contribution in [-0.4, -0.2) is 48.9 Å². The van der Waals surface area contributed by atoms with Gasteiger partial charge in [-0.3, -0.25) is 0 Å². The summed E-state index contributed by atoms with van der Waals surface area (Å²) < 4.78 is 5.65. The van der Waals surface area contributed by atoms with Crippen LogP contribution in [0.4, 0.5) is 0 Å². The molecule has 1 heterocycles. The quantitative estimate of drug-likeness (QED) is 0.622. The van der Waals surface area contributed by atoms with Crippen LogP contribution in [0.5, 0.6) is 0 Å². The molecule has 1 saturated carbocycles. The first-order valence-electron chi connectivity index (χ1n) is 6.20. The normalized spacial score (nSPS) is 38.6. The third-order valence-corrected chi connectivity index (χ3v) is 3.79. The van der Waals surface area contributed by atoms with Gasteiger partial charge < -0.3 is 25.2 Å². The van der Waals surface area contributed by atoms with E-state index in [0.717, 1.165) is 12.6 Å². The molecule has 0 aromatic rings. The summed E-state index contributed by atoms with van der Waals surface area (Å²) in [7, 11) is 0. The van der Waals surface area contributed by atoms with E-state index in [0.29, 0.717) is 25.3 Å². The number of carbonyl (C=O) groups excluding carboxylic acids is 2. The minimum atomic E-state index is -0.506. The van der Waals surface area contributed by atoms with Gasteiger partial charge in [-0.2, -0.15) is 0 Å². The highest BCUT2D eigenvalue weighted by molar-refractivity contribution is 5.79.